The Bertz CT molecular complexity index is 344. The van der Waals surface area contributed by atoms with Crippen molar-refractivity contribution in [3.05, 3.63) is 24.0 Å². The number of nitrogens with zero attached hydrogens (tertiary/aromatic N) is 2. The second kappa shape index (κ2) is 8.38. The quantitative estimate of drug-likeness (QED) is 0.784. The van der Waals surface area contributed by atoms with Crippen LogP contribution < -0.4 is 10.2 Å². The zero-order chi connectivity index (χ0) is 13.4. The van der Waals surface area contributed by atoms with Gasteiger partial charge in [0.15, 0.2) is 0 Å². The third-order valence-corrected chi connectivity index (χ3v) is 3.92. The van der Waals surface area contributed by atoms with Gasteiger partial charge in [-0.25, -0.2) is 0 Å². The van der Waals surface area contributed by atoms with Crippen molar-refractivity contribution in [1.29, 1.82) is 0 Å². The summed E-state index contributed by atoms with van der Waals surface area (Å²) in [5, 5.41) is 3.38. The van der Waals surface area contributed by atoms with Gasteiger partial charge in [0.05, 0.1) is 0 Å². The topological polar surface area (TPSA) is 28.2 Å². The molecule has 1 unspecified atom stereocenters. The lowest BCUT2D eigenvalue weighted by molar-refractivity contribution is 0.662. The van der Waals surface area contributed by atoms with E-state index < -0.39 is 0 Å². The molecular formula is C14H25N3S. The van der Waals surface area contributed by atoms with Crippen LogP contribution in [0.4, 0.5) is 5.69 Å². The van der Waals surface area contributed by atoms with E-state index >= 15 is 0 Å². The molecule has 1 heterocycles. The van der Waals surface area contributed by atoms with E-state index in [4.69, 9.17) is 0 Å². The maximum atomic E-state index is 4.24. The maximum Gasteiger partial charge on any atom is 0.0443 e. The van der Waals surface area contributed by atoms with Crippen LogP contribution in [0.15, 0.2) is 18.5 Å². The molecule has 0 aliphatic rings. The van der Waals surface area contributed by atoms with Crippen molar-refractivity contribution in [3.8, 4) is 0 Å². The van der Waals surface area contributed by atoms with E-state index in [-0.39, 0.29) is 0 Å². The van der Waals surface area contributed by atoms with Crippen LogP contribution in [0.3, 0.4) is 0 Å². The van der Waals surface area contributed by atoms with Gasteiger partial charge in [-0.15, -0.1) is 0 Å². The van der Waals surface area contributed by atoms with Gasteiger partial charge < -0.3 is 10.2 Å². The van der Waals surface area contributed by atoms with E-state index in [1.54, 1.807) is 0 Å². The zero-order valence-electron chi connectivity index (χ0n) is 11.9. The van der Waals surface area contributed by atoms with Crippen molar-refractivity contribution in [3.63, 3.8) is 0 Å². The molecule has 1 aromatic heterocycles. The summed E-state index contributed by atoms with van der Waals surface area (Å²) < 4.78 is 0. The van der Waals surface area contributed by atoms with E-state index in [1.165, 1.54) is 17.7 Å². The molecule has 0 saturated heterocycles. The Morgan fingerprint density at radius 2 is 2.22 bits per heavy atom. The van der Waals surface area contributed by atoms with E-state index in [1.807, 2.05) is 24.2 Å². The highest BCUT2D eigenvalue weighted by Crippen LogP contribution is 2.22. The fourth-order valence-electron chi connectivity index (χ4n) is 2.05. The van der Waals surface area contributed by atoms with Crippen LogP contribution >= 0.6 is 11.8 Å². The Hall–Kier alpha value is -0.740. The molecule has 0 aliphatic heterocycles. The van der Waals surface area contributed by atoms with Gasteiger partial charge in [0.25, 0.3) is 0 Å². The second-order valence-corrected chi connectivity index (χ2v) is 5.32. The third kappa shape index (κ3) is 4.18. The molecule has 102 valence electrons. The summed E-state index contributed by atoms with van der Waals surface area (Å²) in [6, 6.07) is 2.71. The van der Waals surface area contributed by atoms with Crippen LogP contribution in [0.5, 0.6) is 0 Å². The minimum Gasteiger partial charge on any atom is -0.370 e. The molecule has 0 aliphatic carbocycles. The predicted octanol–water partition coefficient (Wildman–Crippen LogP) is 2.77. The minimum atomic E-state index is 0.586. The molecule has 0 amide bonds. The number of pyridine rings is 1. The monoisotopic (exact) mass is 267 g/mol. The van der Waals surface area contributed by atoms with E-state index in [0.717, 1.165) is 18.8 Å². The molecule has 1 N–H and O–H groups in total. The van der Waals surface area contributed by atoms with Gasteiger partial charge in [-0.1, -0.05) is 13.8 Å². The summed E-state index contributed by atoms with van der Waals surface area (Å²) in [4.78, 5) is 6.63. The largest absolute Gasteiger partial charge is 0.370 e. The number of anilines is 1. The molecule has 0 radical (unpaired) electrons. The van der Waals surface area contributed by atoms with Crippen molar-refractivity contribution < 1.29 is 0 Å². The molecule has 1 aromatic rings. The number of rotatable bonds is 8. The molecule has 1 rings (SSSR count). The normalized spacial score (nSPS) is 12.4. The van der Waals surface area contributed by atoms with Crippen molar-refractivity contribution >= 4 is 17.4 Å². The van der Waals surface area contributed by atoms with Crippen LogP contribution in [-0.2, 0) is 6.54 Å². The first-order valence-electron chi connectivity index (χ1n) is 6.59. The van der Waals surface area contributed by atoms with E-state index in [2.05, 4.69) is 48.4 Å². The van der Waals surface area contributed by atoms with Crippen LogP contribution in [0, 0.1) is 0 Å². The Morgan fingerprint density at radius 1 is 1.44 bits per heavy atom. The van der Waals surface area contributed by atoms with Crippen molar-refractivity contribution in [2.75, 3.05) is 30.5 Å². The number of thioether (sulfide) groups is 1. The molecule has 0 bridgehead atoms. The highest BCUT2D eigenvalue weighted by atomic mass is 32.2. The first-order chi connectivity index (χ1) is 8.74. The van der Waals surface area contributed by atoms with Crippen LogP contribution in [0.2, 0.25) is 0 Å². The van der Waals surface area contributed by atoms with E-state index in [0.29, 0.717) is 6.04 Å². The molecule has 3 nitrogen and oxygen atoms in total. The van der Waals surface area contributed by atoms with Gasteiger partial charge in [0.2, 0.25) is 0 Å². The fourth-order valence-corrected chi connectivity index (χ4v) is 2.90. The standard InChI is InChI=1S/C14H25N3S/c1-5-13(11-18-4)17(3)14-7-8-16-10-12(14)9-15-6-2/h7-8,10,13,15H,5-6,9,11H2,1-4H3. The molecule has 18 heavy (non-hydrogen) atoms. The van der Waals surface area contributed by atoms with Crippen molar-refractivity contribution in [2.45, 2.75) is 32.9 Å². The zero-order valence-corrected chi connectivity index (χ0v) is 12.8. The number of hydrogen-bond acceptors (Lipinski definition) is 4. The average molecular weight is 267 g/mol. The Balaban J connectivity index is 2.85. The number of nitrogens with one attached hydrogen (secondary N) is 1. The van der Waals surface area contributed by atoms with Gasteiger partial charge in [0, 0.05) is 49.0 Å². The first-order valence-corrected chi connectivity index (χ1v) is 7.99. The molecule has 1 atom stereocenters. The first kappa shape index (κ1) is 15.3. The lowest BCUT2D eigenvalue weighted by atomic mass is 10.1. The molecule has 4 heteroatoms. The van der Waals surface area contributed by atoms with Gasteiger partial charge >= 0.3 is 0 Å². The van der Waals surface area contributed by atoms with Gasteiger partial charge in [-0.3, -0.25) is 4.98 Å². The second-order valence-electron chi connectivity index (χ2n) is 4.41. The molecule has 0 fully saturated rings. The minimum absolute atomic E-state index is 0.586. The summed E-state index contributed by atoms with van der Waals surface area (Å²) in [5.74, 6) is 1.16. The maximum absolute atomic E-state index is 4.24. The summed E-state index contributed by atoms with van der Waals surface area (Å²) in [6.07, 6.45) is 7.19. The van der Waals surface area contributed by atoms with E-state index in [9.17, 15) is 0 Å². The average Bonchev–Trinajstić information content (AvgIpc) is 2.42. The summed E-state index contributed by atoms with van der Waals surface area (Å²) in [6.45, 7) is 6.25. The van der Waals surface area contributed by atoms with Crippen LogP contribution in [0.25, 0.3) is 0 Å². The summed E-state index contributed by atoms with van der Waals surface area (Å²) in [7, 11) is 2.19. The molecule has 0 spiro atoms. The molecular weight excluding hydrogens is 242 g/mol. The summed E-state index contributed by atoms with van der Waals surface area (Å²) >= 11 is 1.91. The lowest BCUT2D eigenvalue weighted by Crippen LogP contribution is -2.34. The van der Waals surface area contributed by atoms with Gasteiger partial charge in [0.1, 0.15) is 0 Å². The number of hydrogen-bond donors (Lipinski definition) is 1. The molecule has 0 saturated carbocycles. The third-order valence-electron chi connectivity index (χ3n) is 3.20. The summed E-state index contributed by atoms with van der Waals surface area (Å²) in [5.41, 5.74) is 2.58. The van der Waals surface area contributed by atoms with Crippen molar-refractivity contribution in [2.24, 2.45) is 0 Å². The highest BCUT2D eigenvalue weighted by Gasteiger charge is 2.15. The fraction of sp³-hybridized carbons (Fsp3) is 0.643. The number of aromatic nitrogens is 1. The Labute approximate surface area is 115 Å². The lowest BCUT2D eigenvalue weighted by Gasteiger charge is -2.30. The van der Waals surface area contributed by atoms with Gasteiger partial charge in [-0.2, -0.15) is 11.8 Å². The Kier molecular flexibility index (Phi) is 7.13. The molecule has 0 aromatic carbocycles. The smallest absolute Gasteiger partial charge is 0.0443 e. The van der Waals surface area contributed by atoms with Gasteiger partial charge in [-0.05, 0) is 25.3 Å². The predicted molar refractivity (Wildman–Crippen MR) is 82.5 cm³/mol. The highest BCUT2D eigenvalue weighted by molar-refractivity contribution is 7.98. The SMILES string of the molecule is CCNCc1cnccc1N(C)C(CC)CSC. The van der Waals surface area contributed by atoms with Crippen LogP contribution in [-0.4, -0.2) is 36.6 Å². The van der Waals surface area contributed by atoms with Crippen LogP contribution in [0.1, 0.15) is 25.8 Å². The van der Waals surface area contributed by atoms with Crippen molar-refractivity contribution in [1.82, 2.24) is 10.3 Å². The Morgan fingerprint density at radius 3 is 2.83 bits per heavy atom.